The monoisotopic (exact) mass is 284 g/mol. The summed E-state index contributed by atoms with van der Waals surface area (Å²) in [6, 6.07) is 0. The average molecular weight is 284 g/mol. The van der Waals surface area contributed by atoms with Gasteiger partial charge in [0, 0.05) is 0 Å². The van der Waals surface area contributed by atoms with Crippen LogP contribution in [0.5, 0.6) is 0 Å². The lowest BCUT2D eigenvalue weighted by atomic mass is 9.53. The summed E-state index contributed by atoms with van der Waals surface area (Å²) < 4.78 is 0. The lowest BCUT2D eigenvalue weighted by Crippen LogP contribution is -2.43. The number of rotatable bonds is 1. The molecule has 4 rings (SSSR count). The van der Waals surface area contributed by atoms with Gasteiger partial charge < -0.3 is 0 Å². The normalized spacial score (nSPS) is 48.8. The van der Waals surface area contributed by atoms with Gasteiger partial charge in [-0.2, -0.15) is 0 Å². The molecule has 6 atom stereocenters. The van der Waals surface area contributed by atoms with E-state index in [1.54, 1.807) is 11.1 Å². The van der Waals surface area contributed by atoms with Crippen molar-refractivity contribution in [2.75, 3.05) is 0 Å². The van der Waals surface area contributed by atoms with Crippen molar-refractivity contribution in [3.05, 3.63) is 23.3 Å². The molecule has 0 spiro atoms. The summed E-state index contributed by atoms with van der Waals surface area (Å²) in [6.45, 7) is 7.46. The van der Waals surface area contributed by atoms with E-state index in [4.69, 9.17) is 0 Å². The maximum Gasteiger partial charge on any atom is -0.0131 e. The lowest BCUT2D eigenvalue weighted by molar-refractivity contribution is 0.0140. The molecule has 21 heavy (non-hydrogen) atoms. The second-order valence-electron chi connectivity index (χ2n) is 8.71. The fraction of sp³-hybridized carbons (Fsp3) is 0.810. The third kappa shape index (κ3) is 2.01. The highest BCUT2D eigenvalue weighted by Crippen LogP contribution is 2.63. The first-order valence-corrected chi connectivity index (χ1v) is 9.54. The summed E-state index contributed by atoms with van der Waals surface area (Å²) in [5, 5.41) is 0. The Hall–Kier alpha value is -0.520. The lowest BCUT2D eigenvalue weighted by Gasteiger charge is -2.52. The van der Waals surface area contributed by atoms with Crippen LogP contribution in [0.25, 0.3) is 0 Å². The minimum atomic E-state index is 0.680. The molecule has 0 bridgehead atoms. The summed E-state index contributed by atoms with van der Waals surface area (Å²) in [7, 11) is 0. The van der Waals surface area contributed by atoms with E-state index < -0.39 is 0 Å². The van der Waals surface area contributed by atoms with Crippen LogP contribution in [0.15, 0.2) is 23.3 Å². The molecular weight excluding hydrogens is 252 g/mol. The summed E-state index contributed by atoms with van der Waals surface area (Å²) >= 11 is 0. The molecule has 0 amide bonds. The quantitative estimate of drug-likeness (QED) is 0.542. The Bertz CT molecular complexity index is 482. The highest BCUT2D eigenvalue weighted by Gasteiger charge is 2.54. The first kappa shape index (κ1) is 14.1. The minimum Gasteiger partial charge on any atom is -0.0802 e. The van der Waals surface area contributed by atoms with Crippen molar-refractivity contribution < 1.29 is 0 Å². The molecule has 0 aliphatic heterocycles. The Balaban J connectivity index is 1.63. The molecule has 6 unspecified atom stereocenters. The van der Waals surface area contributed by atoms with Crippen LogP contribution in [0.4, 0.5) is 0 Å². The summed E-state index contributed by atoms with van der Waals surface area (Å²) in [5.74, 6) is 4.76. The molecule has 0 aromatic heterocycles. The predicted molar refractivity (Wildman–Crippen MR) is 90.0 cm³/mol. The predicted octanol–water partition coefficient (Wildman–Crippen LogP) is 6.14. The summed E-state index contributed by atoms with van der Waals surface area (Å²) in [6.07, 6.45) is 16.8. The van der Waals surface area contributed by atoms with Gasteiger partial charge in [0.1, 0.15) is 0 Å². The van der Waals surface area contributed by atoms with Crippen LogP contribution in [-0.4, -0.2) is 0 Å². The van der Waals surface area contributed by atoms with Crippen LogP contribution in [0.3, 0.4) is 0 Å². The Morgan fingerprint density at radius 3 is 2.86 bits per heavy atom. The topological polar surface area (TPSA) is 0 Å². The molecule has 0 heteroatoms. The van der Waals surface area contributed by atoms with Crippen molar-refractivity contribution in [1.82, 2.24) is 0 Å². The molecular formula is C21H32. The van der Waals surface area contributed by atoms with E-state index in [1.807, 2.05) is 0 Å². The molecule has 0 aromatic rings. The van der Waals surface area contributed by atoms with E-state index in [2.05, 4.69) is 32.9 Å². The maximum atomic E-state index is 2.65. The van der Waals surface area contributed by atoms with Gasteiger partial charge in [-0.1, -0.05) is 39.3 Å². The van der Waals surface area contributed by atoms with Crippen LogP contribution >= 0.6 is 0 Å². The maximum absolute atomic E-state index is 2.65. The van der Waals surface area contributed by atoms with E-state index in [-0.39, 0.29) is 0 Å². The Morgan fingerprint density at radius 1 is 1.19 bits per heavy atom. The zero-order chi connectivity index (χ0) is 14.6. The van der Waals surface area contributed by atoms with E-state index >= 15 is 0 Å². The van der Waals surface area contributed by atoms with Gasteiger partial charge in [0.05, 0.1) is 0 Å². The van der Waals surface area contributed by atoms with Gasteiger partial charge >= 0.3 is 0 Å². The van der Waals surface area contributed by atoms with E-state index in [0.29, 0.717) is 5.41 Å². The van der Waals surface area contributed by atoms with Gasteiger partial charge in [-0.05, 0) is 91.1 Å². The fourth-order valence-corrected chi connectivity index (χ4v) is 6.75. The number of allylic oxidation sites excluding steroid dienone is 4. The number of fused-ring (bicyclic) bond motifs is 5. The van der Waals surface area contributed by atoms with Crippen molar-refractivity contribution in [3.63, 3.8) is 0 Å². The Kier molecular flexibility index (Phi) is 3.36. The van der Waals surface area contributed by atoms with Gasteiger partial charge in [0.2, 0.25) is 0 Å². The van der Waals surface area contributed by atoms with Crippen LogP contribution in [0, 0.1) is 35.0 Å². The second-order valence-corrected chi connectivity index (χ2v) is 8.71. The van der Waals surface area contributed by atoms with E-state index in [0.717, 1.165) is 29.6 Å². The number of hydrogen-bond donors (Lipinski definition) is 0. The molecule has 4 aliphatic carbocycles. The van der Waals surface area contributed by atoms with E-state index in [1.165, 1.54) is 51.4 Å². The number of hydrogen-bond acceptors (Lipinski definition) is 0. The van der Waals surface area contributed by atoms with Crippen molar-refractivity contribution >= 4 is 0 Å². The van der Waals surface area contributed by atoms with Gasteiger partial charge in [-0.25, -0.2) is 0 Å². The third-order valence-corrected chi connectivity index (χ3v) is 7.84. The molecule has 3 saturated carbocycles. The van der Waals surface area contributed by atoms with Crippen molar-refractivity contribution in [2.45, 2.75) is 72.1 Å². The standard InChI is InChI=1S/C21H32/c1-4-16-7-10-20-19-9-6-15-13-14(2)5-8-17(15)18(19)11-12-21(16,20)3/h8,13-14,16,18-20H,4-7,9-12H2,1-3H3. The molecule has 0 saturated heterocycles. The first-order chi connectivity index (χ1) is 10.1. The second kappa shape index (κ2) is 5.00. The largest absolute Gasteiger partial charge is 0.0802 e. The van der Waals surface area contributed by atoms with Crippen molar-refractivity contribution in [2.24, 2.45) is 35.0 Å². The van der Waals surface area contributed by atoms with Gasteiger partial charge in [-0.15, -0.1) is 0 Å². The SMILES string of the molecule is CCC1CCC2C3CCC4=CC(C)CC=C4C3CCC12C. The Labute approximate surface area is 131 Å². The molecule has 0 aromatic carbocycles. The zero-order valence-electron chi connectivity index (χ0n) is 14.2. The van der Waals surface area contributed by atoms with Crippen molar-refractivity contribution in [1.29, 1.82) is 0 Å². The van der Waals surface area contributed by atoms with Crippen LogP contribution in [0.1, 0.15) is 72.1 Å². The highest BCUT2D eigenvalue weighted by molar-refractivity contribution is 5.39. The van der Waals surface area contributed by atoms with Crippen molar-refractivity contribution in [3.8, 4) is 0 Å². The van der Waals surface area contributed by atoms with Crippen LogP contribution in [0.2, 0.25) is 0 Å². The van der Waals surface area contributed by atoms with Gasteiger partial charge in [0.15, 0.2) is 0 Å². The molecule has 116 valence electrons. The average Bonchev–Trinajstić information content (AvgIpc) is 2.83. The molecule has 3 fully saturated rings. The molecule has 0 radical (unpaired) electrons. The van der Waals surface area contributed by atoms with Crippen LogP contribution in [-0.2, 0) is 0 Å². The van der Waals surface area contributed by atoms with Gasteiger partial charge in [0.25, 0.3) is 0 Å². The molecule has 0 heterocycles. The fourth-order valence-electron chi connectivity index (χ4n) is 6.75. The minimum absolute atomic E-state index is 0.680. The highest BCUT2D eigenvalue weighted by atomic mass is 14.6. The zero-order valence-corrected chi connectivity index (χ0v) is 14.2. The molecule has 4 aliphatic rings. The smallest absolute Gasteiger partial charge is 0.0131 e. The van der Waals surface area contributed by atoms with Gasteiger partial charge in [-0.3, -0.25) is 0 Å². The Morgan fingerprint density at radius 2 is 2.05 bits per heavy atom. The molecule has 0 nitrogen and oxygen atoms in total. The summed E-state index contributed by atoms with van der Waals surface area (Å²) in [5.41, 5.74) is 4.22. The third-order valence-electron chi connectivity index (χ3n) is 7.84. The summed E-state index contributed by atoms with van der Waals surface area (Å²) in [4.78, 5) is 0. The molecule has 0 N–H and O–H groups in total. The van der Waals surface area contributed by atoms with Crippen LogP contribution < -0.4 is 0 Å². The first-order valence-electron chi connectivity index (χ1n) is 9.54. The van der Waals surface area contributed by atoms with E-state index in [9.17, 15) is 0 Å².